The van der Waals surface area contributed by atoms with Crippen molar-refractivity contribution in [1.82, 2.24) is 5.32 Å². The van der Waals surface area contributed by atoms with Crippen molar-refractivity contribution in [3.05, 3.63) is 35.2 Å². The van der Waals surface area contributed by atoms with Gasteiger partial charge in [-0.25, -0.2) is 4.39 Å². The molecule has 0 unspecified atom stereocenters. The van der Waals surface area contributed by atoms with E-state index in [1.54, 1.807) is 6.92 Å². The molecule has 0 aromatic carbocycles. The molecule has 1 saturated carbocycles. The minimum absolute atomic E-state index is 0.156. The van der Waals surface area contributed by atoms with Gasteiger partial charge in [0.15, 0.2) is 0 Å². The highest BCUT2D eigenvalue weighted by molar-refractivity contribution is 6.25. The normalized spacial score (nSPS) is 23.3. The van der Waals surface area contributed by atoms with Crippen molar-refractivity contribution in [3.63, 3.8) is 0 Å². The van der Waals surface area contributed by atoms with Crippen LogP contribution in [0.15, 0.2) is 35.2 Å². The fraction of sp³-hybridized carbons (Fsp3) is 0.364. The fourth-order valence-corrected chi connectivity index (χ4v) is 2.04. The number of hydrogen-bond acceptors (Lipinski definition) is 1. The molecule has 2 nitrogen and oxygen atoms in total. The van der Waals surface area contributed by atoms with Gasteiger partial charge in [-0.2, -0.15) is 0 Å². The lowest BCUT2D eigenvalue weighted by atomic mass is 9.80. The highest BCUT2D eigenvalue weighted by Gasteiger charge is 2.57. The van der Waals surface area contributed by atoms with E-state index < -0.39 is 11.2 Å². The van der Waals surface area contributed by atoms with E-state index in [0.717, 1.165) is 12.8 Å². The Labute approximate surface area is 89.3 Å². The van der Waals surface area contributed by atoms with Gasteiger partial charge in [0.05, 0.1) is 11.1 Å². The Morgan fingerprint density at radius 3 is 2.67 bits per heavy atom. The molecule has 1 amide bonds. The second-order valence-electron chi connectivity index (χ2n) is 3.95. The van der Waals surface area contributed by atoms with Crippen LogP contribution in [-0.2, 0) is 4.79 Å². The SMILES string of the molecule is [B]C(=C)C1=C(/C(F)=C\C)NC(=O)C12CC2. The first kappa shape index (κ1) is 10.2. The maximum Gasteiger partial charge on any atom is 0.235 e. The first-order chi connectivity index (χ1) is 7.03. The molecule has 1 aliphatic carbocycles. The molecule has 0 aromatic heterocycles. The largest absolute Gasteiger partial charge is 0.323 e. The number of rotatable bonds is 2. The summed E-state index contributed by atoms with van der Waals surface area (Å²) in [5.74, 6) is -0.607. The van der Waals surface area contributed by atoms with Gasteiger partial charge in [0.2, 0.25) is 5.91 Å². The van der Waals surface area contributed by atoms with Crippen molar-refractivity contribution in [1.29, 1.82) is 0 Å². The molecule has 1 heterocycles. The summed E-state index contributed by atoms with van der Waals surface area (Å²) in [6.07, 6.45) is 2.76. The fourth-order valence-electron chi connectivity index (χ4n) is 2.04. The average Bonchev–Trinajstić information content (AvgIpc) is 2.89. The second kappa shape index (κ2) is 3.09. The summed E-state index contributed by atoms with van der Waals surface area (Å²) < 4.78 is 13.5. The number of carbonyl (C=O) groups is 1. The van der Waals surface area contributed by atoms with Crippen LogP contribution in [0, 0.1) is 5.41 Å². The summed E-state index contributed by atoms with van der Waals surface area (Å²) >= 11 is 0. The van der Waals surface area contributed by atoms with Crippen LogP contribution in [-0.4, -0.2) is 13.8 Å². The monoisotopic (exact) mass is 203 g/mol. The summed E-state index contributed by atoms with van der Waals surface area (Å²) in [5.41, 5.74) is 0.440. The molecule has 0 saturated heterocycles. The lowest BCUT2D eigenvalue weighted by molar-refractivity contribution is -0.123. The second-order valence-corrected chi connectivity index (χ2v) is 3.95. The standard InChI is InChI=1S/C11H11BFNO/c1-3-7(13)9-8(6(2)12)11(4-5-11)10(15)14-9/h3H,2,4-5H2,1H3,(H,14,15)/b7-3+. The predicted molar refractivity (Wildman–Crippen MR) is 56.6 cm³/mol. The van der Waals surface area contributed by atoms with Crippen LogP contribution >= 0.6 is 0 Å². The lowest BCUT2D eigenvalue weighted by Gasteiger charge is -2.10. The maximum absolute atomic E-state index is 13.5. The van der Waals surface area contributed by atoms with Gasteiger partial charge in [-0.05, 0) is 31.4 Å². The van der Waals surface area contributed by atoms with Crippen LogP contribution in [0.5, 0.6) is 0 Å². The van der Waals surface area contributed by atoms with Crippen molar-refractivity contribution in [3.8, 4) is 0 Å². The minimum atomic E-state index is -0.582. The van der Waals surface area contributed by atoms with E-state index in [0.29, 0.717) is 5.57 Å². The number of halogens is 1. The molecule has 15 heavy (non-hydrogen) atoms. The van der Waals surface area contributed by atoms with E-state index in [9.17, 15) is 9.18 Å². The lowest BCUT2D eigenvalue weighted by Crippen LogP contribution is -2.23. The van der Waals surface area contributed by atoms with Crippen LogP contribution in [0.3, 0.4) is 0 Å². The molecule has 76 valence electrons. The third-order valence-electron chi connectivity index (χ3n) is 2.97. The number of carbonyl (C=O) groups excluding carboxylic acids is 1. The zero-order valence-corrected chi connectivity index (χ0v) is 8.56. The van der Waals surface area contributed by atoms with Crippen molar-refractivity contribution in [2.45, 2.75) is 19.8 Å². The minimum Gasteiger partial charge on any atom is -0.323 e. The Hall–Kier alpha value is -1.32. The molecule has 0 bridgehead atoms. The topological polar surface area (TPSA) is 29.1 Å². The zero-order valence-electron chi connectivity index (χ0n) is 8.56. The highest BCUT2D eigenvalue weighted by Crippen LogP contribution is 2.58. The van der Waals surface area contributed by atoms with Gasteiger partial charge >= 0.3 is 0 Å². The van der Waals surface area contributed by atoms with Gasteiger partial charge in [-0.1, -0.05) is 5.47 Å². The van der Waals surface area contributed by atoms with Gasteiger partial charge in [0.25, 0.3) is 0 Å². The van der Waals surface area contributed by atoms with E-state index in [-0.39, 0.29) is 17.1 Å². The number of hydrogen-bond donors (Lipinski definition) is 1. The number of nitrogens with one attached hydrogen (secondary N) is 1. The van der Waals surface area contributed by atoms with Gasteiger partial charge in [-0.15, -0.1) is 6.58 Å². The van der Waals surface area contributed by atoms with E-state index in [1.807, 2.05) is 0 Å². The molecule has 2 radical (unpaired) electrons. The van der Waals surface area contributed by atoms with Crippen LogP contribution < -0.4 is 5.32 Å². The average molecular weight is 203 g/mol. The Morgan fingerprint density at radius 1 is 1.67 bits per heavy atom. The zero-order chi connectivity index (χ0) is 11.2. The number of amides is 1. The molecule has 1 aliphatic heterocycles. The van der Waals surface area contributed by atoms with E-state index >= 15 is 0 Å². The molecule has 1 fully saturated rings. The Balaban J connectivity index is 2.54. The quantitative estimate of drug-likeness (QED) is 0.680. The van der Waals surface area contributed by atoms with Crippen LogP contribution in [0.1, 0.15) is 19.8 Å². The molecular formula is C11H11BFNO. The molecule has 2 rings (SSSR count). The molecule has 0 atom stereocenters. The first-order valence-electron chi connectivity index (χ1n) is 4.86. The molecular weight excluding hydrogens is 192 g/mol. The van der Waals surface area contributed by atoms with E-state index in [4.69, 9.17) is 7.85 Å². The third kappa shape index (κ3) is 1.28. The first-order valence-corrected chi connectivity index (χ1v) is 4.86. The van der Waals surface area contributed by atoms with Crippen LogP contribution in [0.4, 0.5) is 4.39 Å². The molecule has 4 heteroatoms. The van der Waals surface area contributed by atoms with Crippen LogP contribution in [0.2, 0.25) is 0 Å². The van der Waals surface area contributed by atoms with Crippen molar-refractivity contribution < 1.29 is 9.18 Å². The van der Waals surface area contributed by atoms with Crippen LogP contribution in [0.25, 0.3) is 0 Å². The summed E-state index contributed by atoms with van der Waals surface area (Å²) in [4.78, 5) is 11.7. The Bertz CT molecular complexity index is 418. The molecule has 1 spiro atoms. The highest BCUT2D eigenvalue weighted by atomic mass is 19.1. The third-order valence-corrected chi connectivity index (χ3v) is 2.97. The van der Waals surface area contributed by atoms with Gasteiger partial charge in [0, 0.05) is 0 Å². The molecule has 1 N–H and O–H groups in total. The smallest absolute Gasteiger partial charge is 0.235 e. The summed E-state index contributed by atoms with van der Waals surface area (Å²) in [7, 11) is 5.62. The maximum atomic E-state index is 13.5. The van der Waals surface area contributed by atoms with Gasteiger partial charge < -0.3 is 5.32 Å². The van der Waals surface area contributed by atoms with Gasteiger partial charge in [-0.3, -0.25) is 4.79 Å². The van der Waals surface area contributed by atoms with Gasteiger partial charge in [0.1, 0.15) is 13.7 Å². The number of allylic oxidation sites excluding steroid dienone is 3. The Kier molecular flexibility index (Phi) is 2.10. The summed E-state index contributed by atoms with van der Waals surface area (Å²) in [6, 6.07) is 0. The summed E-state index contributed by atoms with van der Waals surface area (Å²) in [6.45, 7) is 5.18. The van der Waals surface area contributed by atoms with Crippen molar-refractivity contribution in [2.75, 3.05) is 0 Å². The predicted octanol–water partition coefficient (Wildman–Crippen LogP) is 1.71. The molecule has 0 aromatic rings. The van der Waals surface area contributed by atoms with Crippen molar-refractivity contribution in [2.24, 2.45) is 5.41 Å². The summed E-state index contributed by atoms with van der Waals surface area (Å²) in [5, 5.41) is 2.55. The van der Waals surface area contributed by atoms with E-state index in [2.05, 4.69) is 11.9 Å². The Morgan fingerprint density at radius 2 is 2.27 bits per heavy atom. The molecule has 2 aliphatic rings. The van der Waals surface area contributed by atoms with Crippen molar-refractivity contribution >= 4 is 13.8 Å². The van der Waals surface area contributed by atoms with E-state index in [1.165, 1.54) is 6.08 Å².